The van der Waals surface area contributed by atoms with E-state index in [1.54, 1.807) is 42.5 Å². The Bertz CT molecular complexity index is 1580. The molecule has 0 bridgehead atoms. The van der Waals surface area contributed by atoms with Gasteiger partial charge in [-0.2, -0.15) is 0 Å². The lowest BCUT2D eigenvalue weighted by atomic mass is 10.1. The van der Waals surface area contributed by atoms with Crippen molar-refractivity contribution in [2.45, 2.75) is 49.5 Å². The molecule has 1 aliphatic carbocycles. The van der Waals surface area contributed by atoms with Crippen LogP contribution in [0.1, 0.15) is 58.5 Å². The monoisotopic (exact) mass is 612 g/mol. The lowest BCUT2D eigenvalue weighted by Crippen LogP contribution is -2.56. The molecule has 3 unspecified atom stereocenters. The van der Waals surface area contributed by atoms with Crippen LogP contribution in [0.2, 0.25) is 0 Å². The van der Waals surface area contributed by atoms with Gasteiger partial charge in [0, 0.05) is 11.8 Å². The van der Waals surface area contributed by atoms with E-state index in [1.807, 2.05) is 6.07 Å². The Morgan fingerprint density at radius 2 is 1.57 bits per heavy atom. The van der Waals surface area contributed by atoms with Crippen molar-refractivity contribution in [3.8, 4) is 0 Å². The summed E-state index contributed by atoms with van der Waals surface area (Å²) in [5.41, 5.74) is 0.972. The number of nitrogens with zero attached hydrogens (tertiary/aromatic N) is 6. The van der Waals surface area contributed by atoms with Crippen LogP contribution in [0, 0.1) is 0 Å². The van der Waals surface area contributed by atoms with Crippen LogP contribution in [0.4, 0.5) is 24.9 Å². The van der Waals surface area contributed by atoms with Crippen LogP contribution in [-0.4, -0.2) is 61.3 Å². The molecule has 4 heterocycles. The van der Waals surface area contributed by atoms with Crippen molar-refractivity contribution in [3.05, 3.63) is 69.8 Å². The van der Waals surface area contributed by atoms with Crippen LogP contribution in [0.5, 0.6) is 0 Å². The third-order valence-corrected chi connectivity index (χ3v) is 9.16. The Balaban J connectivity index is 1.000. The standard InChI is InChI=1S/C27H26F2N8O3S2/c28-27(29)13-37(14-27)19-8-4-7-18(30-19)12-20(38)31-25-35-33-23(41-25)16-9-10-17(11-16)24-34-36-26(42-24)32-22(40)21(39)15-5-2-1-3-6-15/h1-8,16-17,21,39H,9-14H2,(H,31,35,38)(H,32,36,40). The first-order valence-corrected chi connectivity index (χ1v) is 14.9. The van der Waals surface area contributed by atoms with Crippen LogP contribution in [0.15, 0.2) is 48.5 Å². The number of aliphatic hydroxyl groups is 1. The van der Waals surface area contributed by atoms with Crippen LogP contribution in [0.3, 0.4) is 0 Å². The van der Waals surface area contributed by atoms with E-state index in [2.05, 4.69) is 36.0 Å². The highest BCUT2D eigenvalue weighted by atomic mass is 32.1. The zero-order valence-electron chi connectivity index (χ0n) is 22.1. The number of carbonyl (C=O) groups excluding carboxylic acids is 2. The summed E-state index contributed by atoms with van der Waals surface area (Å²) in [5.74, 6) is -2.87. The van der Waals surface area contributed by atoms with Crippen molar-refractivity contribution in [1.82, 2.24) is 25.4 Å². The first-order valence-electron chi connectivity index (χ1n) is 13.3. The molecule has 1 aromatic carbocycles. The fraction of sp³-hybridized carbons (Fsp3) is 0.370. The first-order chi connectivity index (χ1) is 20.2. The van der Waals surface area contributed by atoms with Gasteiger partial charge in [-0.3, -0.25) is 14.9 Å². The first kappa shape index (κ1) is 28.2. The van der Waals surface area contributed by atoms with Gasteiger partial charge in [-0.25, -0.2) is 13.8 Å². The van der Waals surface area contributed by atoms with E-state index >= 15 is 0 Å². The summed E-state index contributed by atoms with van der Waals surface area (Å²) in [6.07, 6.45) is 1.20. The van der Waals surface area contributed by atoms with Crippen molar-refractivity contribution in [2.75, 3.05) is 28.6 Å². The van der Waals surface area contributed by atoms with Crippen molar-refractivity contribution < 1.29 is 23.5 Å². The summed E-state index contributed by atoms with van der Waals surface area (Å²) >= 11 is 2.61. The van der Waals surface area contributed by atoms with Gasteiger partial charge in [-0.1, -0.05) is 59.1 Å². The number of carbonyl (C=O) groups is 2. The molecule has 3 atom stereocenters. The van der Waals surface area contributed by atoms with E-state index < -0.39 is 17.9 Å². The Morgan fingerprint density at radius 1 is 0.929 bits per heavy atom. The normalized spacial score (nSPS) is 20.1. The number of aliphatic hydroxyl groups excluding tert-OH is 1. The maximum Gasteiger partial charge on any atom is 0.282 e. The Labute approximate surface area is 247 Å². The highest BCUT2D eigenvalue weighted by Crippen LogP contribution is 2.45. The van der Waals surface area contributed by atoms with Gasteiger partial charge < -0.3 is 15.3 Å². The minimum absolute atomic E-state index is 0.0171. The van der Waals surface area contributed by atoms with Gasteiger partial charge in [0.2, 0.25) is 16.2 Å². The van der Waals surface area contributed by atoms with E-state index in [1.165, 1.54) is 27.6 Å². The lowest BCUT2D eigenvalue weighted by Gasteiger charge is -2.39. The molecular weight excluding hydrogens is 586 g/mol. The second-order valence-electron chi connectivity index (χ2n) is 10.3. The van der Waals surface area contributed by atoms with Crippen LogP contribution in [0.25, 0.3) is 0 Å². The molecule has 4 aromatic rings. The number of hydrogen-bond acceptors (Lipinski definition) is 11. The number of hydrogen-bond donors (Lipinski definition) is 3. The minimum Gasteiger partial charge on any atom is -0.378 e. The van der Waals surface area contributed by atoms with E-state index in [0.717, 1.165) is 29.3 Å². The molecule has 2 amide bonds. The molecule has 3 N–H and O–H groups in total. The van der Waals surface area contributed by atoms with Crippen LogP contribution in [-0.2, 0) is 16.0 Å². The molecule has 42 heavy (non-hydrogen) atoms. The predicted molar refractivity (Wildman–Crippen MR) is 153 cm³/mol. The number of aromatic nitrogens is 5. The van der Waals surface area contributed by atoms with Gasteiger partial charge in [-0.15, -0.1) is 20.4 Å². The molecule has 15 heteroatoms. The topological polar surface area (TPSA) is 146 Å². The quantitative estimate of drug-likeness (QED) is 0.254. The highest BCUT2D eigenvalue weighted by molar-refractivity contribution is 7.15. The SMILES string of the molecule is O=C(Cc1cccc(N2CC(F)(F)C2)n1)Nc1nnc(C2CCC(c3nnc(NC(=O)C(O)c4ccccc4)s3)C2)s1. The third kappa shape index (κ3) is 6.42. The fourth-order valence-electron chi connectivity index (χ4n) is 5.03. The minimum atomic E-state index is -2.70. The molecule has 1 aliphatic heterocycles. The van der Waals surface area contributed by atoms with E-state index in [9.17, 15) is 23.5 Å². The molecule has 1 saturated carbocycles. The average molecular weight is 613 g/mol. The summed E-state index contributed by atoms with van der Waals surface area (Å²) in [6.45, 7) is -0.748. The third-order valence-electron chi connectivity index (χ3n) is 7.15. The van der Waals surface area contributed by atoms with Gasteiger partial charge in [0.1, 0.15) is 15.8 Å². The number of rotatable bonds is 9. The number of halogens is 2. The zero-order chi connectivity index (χ0) is 29.3. The number of anilines is 3. The zero-order valence-corrected chi connectivity index (χ0v) is 23.7. The summed E-state index contributed by atoms with van der Waals surface area (Å²) in [7, 11) is 0. The lowest BCUT2D eigenvalue weighted by molar-refractivity contribution is -0.124. The van der Waals surface area contributed by atoms with E-state index in [-0.39, 0.29) is 37.3 Å². The number of nitrogens with one attached hydrogen (secondary N) is 2. The summed E-state index contributed by atoms with van der Waals surface area (Å²) in [4.78, 5) is 30.9. The van der Waals surface area contributed by atoms with E-state index in [0.29, 0.717) is 27.3 Å². The maximum atomic E-state index is 13.2. The average Bonchev–Trinajstić information content (AvgIpc) is 3.73. The maximum absolute atomic E-state index is 13.2. The molecule has 2 fully saturated rings. The van der Waals surface area contributed by atoms with Crippen molar-refractivity contribution in [3.63, 3.8) is 0 Å². The number of pyridine rings is 1. The molecule has 1 saturated heterocycles. The summed E-state index contributed by atoms with van der Waals surface area (Å²) in [5, 5.41) is 34.8. The molecule has 11 nitrogen and oxygen atoms in total. The van der Waals surface area contributed by atoms with Crippen molar-refractivity contribution >= 4 is 50.6 Å². The largest absolute Gasteiger partial charge is 0.378 e. The molecule has 2 aliphatic rings. The van der Waals surface area contributed by atoms with Gasteiger partial charge in [0.05, 0.1) is 25.2 Å². The summed E-state index contributed by atoms with van der Waals surface area (Å²) < 4.78 is 26.4. The Hall–Kier alpha value is -3.95. The Morgan fingerprint density at radius 3 is 2.21 bits per heavy atom. The Kier molecular flexibility index (Phi) is 7.88. The number of amides is 2. The second kappa shape index (κ2) is 11.7. The van der Waals surface area contributed by atoms with Crippen molar-refractivity contribution in [1.29, 1.82) is 0 Å². The smallest absolute Gasteiger partial charge is 0.282 e. The molecule has 3 aromatic heterocycles. The molecule has 0 spiro atoms. The van der Waals surface area contributed by atoms with Gasteiger partial charge in [0.15, 0.2) is 6.10 Å². The van der Waals surface area contributed by atoms with Crippen molar-refractivity contribution in [2.24, 2.45) is 0 Å². The van der Waals surface area contributed by atoms with Gasteiger partial charge in [0.25, 0.3) is 11.8 Å². The molecule has 6 rings (SSSR count). The van der Waals surface area contributed by atoms with Gasteiger partial charge >= 0.3 is 0 Å². The second-order valence-corrected chi connectivity index (χ2v) is 12.3. The fourth-order valence-corrected chi connectivity index (χ4v) is 6.84. The molecule has 218 valence electrons. The molecular formula is C27H26F2N8O3S2. The number of benzene rings is 1. The molecule has 0 radical (unpaired) electrons. The highest BCUT2D eigenvalue weighted by Gasteiger charge is 2.44. The summed E-state index contributed by atoms with van der Waals surface area (Å²) in [6, 6.07) is 13.7. The predicted octanol–water partition coefficient (Wildman–Crippen LogP) is 4.14. The van der Waals surface area contributed by atoms with E-state index in [4.69, 9.17) is 0 Å². The van der Waals surface area contributed by atoms with Crippen LogP contribution < -0.4 is 15.5 Å². The number of alkyl halides is 2. The van der Waals surface area contributed by atoms with Crippen LogP contribution >= 0.6 is 22.7 Å². The van der Waals surface area contributed by atoms with Gasteiger partial charge in [-0.05, 0) is 37.0 Å².